The number of hydrogen-bond donors (Lipinski definition) is 2. The van der Waals surface area contributed by atoms with Crippen molar-refractivity contribution >= 4 is 10.0 Å². The van der Waals surface area contributed by atoms with Crippen LogP contribution in [0.15, 0.2) is 29.2 Å². The summed E-state index contributed by atoms with van der Waals surface area (Å²) in [5, 5.41) is 3.35. The summed E-state index contributed by atoms with van der Waals surface area (Å²) in [6, 6.07) is 7.13. The minimum absolute atomic E-state index is 0.116. The van der Waals surface area contributed by atoms with Crippen molar-refractivity contribution in [3.8, 4) is 0 Å². The Bertz CT molecular complexity index is 506. The highest BCUT2D eigenvalue weighted by Gasteiger charge is 2.15. The van der Waals surface area contributed by atoms with Crippen molar-refractivity contribution < 1.29 is 13.2 Å². The van der Waals surface area contributed by atoms with E-state index in [9.17, 15) is 8.42 Å². The van der Waals surface area contributed by atoms with Crippen LogP contribution in [0.3, 0.4) is 0 Å². The highest BCUT2D eigenvalue weighted by molar-refractivity contribution is 7.89. The van der Waals surface area contributed by atoms with Crippen molar-refractivity contribution in [1.29, 1.82) is 0 Å². The molecule has 1 rings (SSSR count). The number of nitrogens with one attached hydrogen (secondary N) is 2. The van der Waals surface area contributed by atoms with Gasteiger partial charge in [0.25, 0.3) is 0 Å². The quantitative estimate of drug-likeness (QED) is 0.725. The minimum atomic E-state index is -3.42. The van der Waals surface area contributed by atoms with Crippen molar-refractivity contribution in [3.05, 3.63) is 29.8 Å². The summed E-state index contributed by atoms with van der Waals surface area (Å²) >= 11 is 0. The van der Waals surface area contributed by atoms with Gasteiger partial charge >= 0.3 is 0 Å². The van der Waals surface area contributed by atoms with Crippen molar-refractivity contribution in [2.45, 2.75) is 44.2 Å². The maximum absolute atomic E-state index is 12.0. The Morgan fingerprint density at radius 1 is 1.19 bits per heavy atom. The molecule has 0 aliphatic carbocycles. The van der Waals surface area contributed by atoms with E-state index in [0.717, 1.165) is 18.5 Å². The molecule has 0 saturated heterocycles. The molecule has 6 heteroatoms. The molecule has 2 N–H and O–H groups in total. The first kappa shape index (κ1) is 18.1. The second-order valence-electron chi connectivity index (χ2n) is 5.33. The van der Waals surface area contributed by atoms with Crippen LogP contribution >= 0.6 is 0 Å². The lowest BCUT2D eigenvalue weighted by molar-refractivity contribution is 0.167. The molecule has 0 bridgehead atoms. The van der Waals surface area contributed by atoms with Crippen molar-refractivity contribution in [2.75, 3.05) is 20.3 Å². The molecule has 0 amide bonds. The Kier molecular flexibility index (Phi) is 7.31. The number of likely N-dealkylation sites (N-methyl/N-ethyl adjacent to an activating group) is 1. The van der Waals surface area contributed by atoms with Crippen LogP contribution in [-0.2, 0) is 21.2 Å². The molecule has 5 nitrogen and oxygen atoms in total. The van der Waals surface area contributed by atoms with Crippen LogP contribution < -0.4 is 10.0 Å². The summed E-state index contributed by atoms with van der Waals surface area (Å²) in [5.74, 6) is 0. The summed E-state index contributed by atoms with van der Waals surface area (Å²) < 4.78 is 31.8. The van der Waals surface area contributed by atoms with Gasteiger partial charge in [-0.1, -0.05) is 19.1 Å². The number of sulfonamides is 1. The van der Waals surface area contributed by atoms with E-state index < -0.39 is 10.0 Å². The zero-order chi connectivity index (χ0) is 15.9. The van der Waals surface area contributed by atoms with Gasteiger partial charge in [-0.25, -0.2) is 13.1 Å². The summed E-state index contributed by atoms with van der Waals surface area (Å²) in [6.45, 7) is 7.16. The monoisotopic (exact) mass is 314 g/mol. The lowest BCUT2D eigenvalue weighted by atomic mass is 10.1. The number of ether oxygens (including phenoxy) is 1. The summed E-state index contributed by atoms with van der Waals surface area (Å²) in [5.41, 5.74) is 1.08. The van der Waals surface area contributed by atoms with Gasteiger partial charge in [-0.05, 0) is 44.5 Å². The Labute approximate surface area is 128 Å². The first-order valence-corrected chi connectivity index (χ1v) is 8.71. The maximum atomic E-state index is 12.0. The second kappa shape index (κ2) is 8.48. The molecule has 1 atom stereocenters. The molecule has 0 radical (unpaired) electrons. The van der Waals surface area contributed by atoms with E-state index in [2.05, 4.69) is 17.0 Å². The highest BCUT2D eigenvalue weighted by Crippen LogP contribution is 2.12. The van der Waals surface area contributed by atoms with Crippen LogP contribution in [0.25, 0.3) is 0 Å². The van der Waals surface area contributed by atoms with Crippen LogP contribution in [0.2, 0.25) is 0 Å². The fraction of sp³-hybridized carbons (Fsp3) is 0.600. The third-order valence-corrected chi connectivity index (χ3v) is 4.64. The Morgan fingerprint density at radius 2 is 1.81 bits per heavy atom. The number of hydrogen-bond acceptors (Lipinski definition) is 4. The first-order chi connectivity index (χ1) is 9.89. The second-order valence-corrected chi connectivity index (χ2v) is 7.05. The third kappa shape index (κ3) is 6.13. The normalized spacial score (nSPS) is 13.6. The first-order valence-electron chi connectivity index (χ1n) is 7.22. The average Bonchev–Trinajstić information content (AvgIpc) is 2.38. The van der Waals surface area contributed by atoms with E-state index in [4.69, 9.17) is 4.74 Å². The Balaban J connectivity index is 2.77. The van der Waals surface area contributed by atoms with Gasteiger partial charge in [0, 0.05) is 19.2 Å². The average molecular weight is 314 g/mol. The molecule has 120 valence electrons. The molecule has 0 aliphatic heterocycles. The molecule has 0 aromatic heterocycles. The van der Waals surface area contributed by atoms with E-state index in [-0.39, 0.29) is 12.1 Å². The SMILES string of the molecule is CCNC(COC)Cc1ccc(S(=O)(=O)NC(C)C)cc1. The topological polar surface area (TPSA) is 67.4 Å². The highest BCUT2D eigenvalue weighted by atomic mass is 32.2. The maximum Gasteiger partial charge on any atom is 0.240 e. The van der Waals surface area contributed by atoms with Crippen molar-refractivity contribution in [1.82, 2.24) is 10.0 Å². The molecule has 1 aromatic rings. The Hall–Kier alpha value is -0.950. The van der Waals surface area contributed by atoms with Crippen molar-refractivity contribution in [3.63, 3.8) is 0 Å². The summed E-state index contributed by atoms with van der Waals surface area (Å²) in [7, 11) is -1.74. The molecule has 1 aromatic carbocycles. The largest absolute Gasteiger partial charge is 0.383 e. The number of rotatable bonds is 9. The number of benzene rings is 1. The van der Waals surface area contributed by atoms with Gasteiger partial charge in [0.15, 0.2) is 0 Å². The van der Waals surface area contributed by atoms with Gasteiger partial charge in [-0.3, -0.25) is 0 Å². The fourth-order valence-electron chi connectivity index (χ4n) is 2.15. The molecule has 0 aliphatic rings. The molecule has 1 unspecified atom stereocenters. The standard InChI is InChI=1S/C15H26N2O3S/c1-5-16-14(11-20-4)10-13-6-8-15(9-7-13)21(18,19)17-12(2)3/h6-9,12,14,16-17H,5,10-11H2,1-4H3. The van der Waals surface area contributed by atoms with Gasteiger partial charge in [0.2, 0.25) is 10.0 Å². The molecule has 21 heavy (non-hydrogen) atoms. The van der Waals surface area contributed by atoms with E-state index in [1.165, 1.54) is 0 Å². The van der Waals surface area contributed by atoms with E-state index in [1.807, 2.05) is 12.1 Å². The Morgan fingerprint density at radius 3 is 2.29 bits per heavy atom. The van der Waals surface area contributed by atoms with Crippen LogP contribution in [-0.4, -0.2) is 40.8 Å². The lowest BCUT2D eigenvalue weighted by Gasteiger charge is -2.17. The minimum Gasteiger partial charge on any atom is -0.383 e. The molecule has 0 saturated carbocycles. The zero-order valence-electron chi connectivity index (χ0n) is 13.2. The predicted molar refractivity (Wildman–Crippen MR) is 84.9 cm³/mol. The van der Waals surface area contributed by atoms with Crippen LogP contribution in [0.5, 0.6) is 0 Å². The third-order valence-electron chi connectivity index (χ3n) is 2.97. The van der Waals surface area contributed by atoms with E-state index in [1.54, 1.807) is 33.1 Å². The summed E-state index contributed by atoms with van der Waals surface area (Å²) in [4.78, 5) is 0.298. The van der Waals surface area contributed by atoms with E-state index in [0.29, 0.717) is 11.5 Å². The van der Waals surface area contributed by atoms with Gasteiger partial charge in [0.1, 0.15) is 0 Å². The zero-order valence-corrected chi connectivity index (χ0v) is 14.0. The number of methoxy groups -OCH3 is 1. The fourth-order valence-corrected chi connectivity index (χ4v) is 3.40. The van der Waals surface area contributed by atoms with Gasteiger partial charge < -0.3 is 10.1 Å². The van der Waals surface area contributed by atoms with Crippen molar-refractivity contribution in [2.24, 2.45) is 0 Å². The molecule has 0 fully saturated rings. The van der Waals surface area contributed by atoms with Crippen LogP contribution in [0.1, 0.15) is 26.3 Å². The van der Waals surface area contributed by atoms with Gasteiger partial charge in [0.05, 0.1) is 11.5 Å². The lowest BCUT2D eigenvalue weighted by Crippen LogP contribution is -2.35. The molecular formula is C15H26N2O3S. The van der Waals surface area contributed by atoms with Gasteiger partial charge in [-0.2, -0.15) is 0 Å². The molecule has 0 spiro atoms. The predicted octanol–water partition coefficient (Wildman–Crippen LogP) is 1.54. The van der Waals surface area contributed by atoms with Crippen LogP contribution in [0, 0.1) is 0 Å². The molecule has 0 heterocycles. The summed E-state index contributed by atoms with van der Waals surface area (Å²) in [6.07, 6.45) is 0.805. The van der Waals surface area contributed by atoms with Crippen LogP contribution in [0.4, 0.5) is 0 Å². The van der Waals surface area contributed by atoms with Gasteiger partial charge in [-0.15, -0.1) is 0 Å². The van der Waals surface area contributed by atoms with E-state index >= 15 is 0 Å². The smallest absolute Gasteiger partial charge is 0.240 e. The molecular weight excluding hydrogens is 288 g/mol.